The molecular weight excluding hydrogens is 298 g/mol. The van der Waals surface area contributed by atoms with Crippen molar-refractivity contribution < 1.29 is 4.79 Å². The Balaban J connectivity index is 0.00000242. The average Bonchev–Trinajstić information content (AvgIpc) is 2.47. The molecule has 0 aliphatic carbocycles. The first-order chi connectivity index (χ1) is 9.90. The van der Waals surface area contributed by atoms with Crippen molar-refractivity contribution >= 4 is 18.3 Å². The molecule has 0 radical (unpaired) electrons. The summed E-state index contributed by atoms with van der Waals surface area (Å²) in [5, 5.41) is 3.15. The van der Waals surface area contributed by atoms with Crippen molar-refractivity contribution in [3.63, 3.8) is 0 Å². The molecule has 0 unspecified atom stereocenters. The van der Waals surface area contributed by atoms with Crippen LogP contribution in [0.15, 0.2) is 24.3 Å². The molecule has 0 spiro atoms. The Kier molecular flexibility index (Phi) is 6.85. The van der Waals surface area contributed by atoms with Crippen LogP contribution in [0.1, 0.15) is 49.5 Å². The van der Waals surface area contributed by atoms with E-state index in [2.05, 4.69) is 31.0 Å². The topological polar surface area (TPSA) is 58.4 Å². The lowest BCUT2D eigenvalue weighted by molar-refractivity contribution is 0.0812. The highest BCUT2D eigenvalue weighted by Crippen LogP contribution is 2.20. The molecule has 3 N–H and O–H groups in total. The van der Waals surface area contributed by atoms with Gasteiger partial charge in [-0.1, -0.05) is 12.1 Å². The first-order valence-electron chi connectivity index (χ1n) is 7.75. The summed E-state index contributed by atoms with van der Waals surface area (Å²) in [5.41, 5.74) is 7.54. The predicted molar refractivity (Wildman–Crippen MR) is 93.4 cm³/mol. The summed E-state index contributed by atoms with van der Waals surface area (Å²) >= 11 is 0. The fourth-order valence-corrected chi connectivity index (χ4v) is 2.76. The van der Waals surface area contributed by atoms with Crippen LogP contribution in [-0.2, 0) is 6.54 Å². The van der Waals surface area contributed by atoms with Crippen molar-refractivity contribution in [2.75, 3.05) is 13.1 Å². The van der Waals surface area contributed by atoms with Gasteiger partial charge in [0.25, 0.3) is 5.91 Å². The van der Waals surface area contributed by atoms with Crippen LogP contribution in [0.2, 0.25) is 0 Å². The minimum absolute atomic E-state index is 0. The van der Waals surface area contributed by atoms with E-state index in [1.54, 1.807) is 0 Å². The van der Waals surface area contributed by atoms with Gasteiger partial charge >= 0.3 is 0 Å². The summed E-state index contributed by atoms with van der Waals surface area (Å²) in [6.45, 7) is 9.31. The maximum Gasteiger partial charge on any atom is 0.251 e. The molecule has 1 aromatic carbocycles. The third kappa shape index (κ3) is 4.97. The third-order valence-corrected chi connectivity index (χ3v) is 4.23. The zero-order valence-corrected chi connectivity index (χ0v) is 14.6. The maximum atomic E-state index is 12.2. The number of amides is 1. The van der Waals surface area contributed by atoms with Gasteiger partial charge in [0.15, 0.2) is 0 Å². The van der Waals surface area contributed by atoms with Crippen LogP contribution in [0.5, 0.6) is 0 Å². The number of nitrogens with one attached hydrogen (secondary N) is 1. The Labute approximate surface area is 139 Å². The summed E-state index contributed by atoms with van der Waals surface area (Å²) in [6.07, 6.45) is 2.04. The Morgan fingerprint density at radius 1 is 1.23 bits per heavy atom. The number of benzene rings is 1. The molecule has 124 valence electrons. The molecule has 22 heavy (non-hydrogen) atoms. The molecule has 1 heterocycles. The average molecular weight is 326 g/mol. The zero-order chi connectivity index (χ0) is 15.5. The first kappa shape index (κ1) is 18.9. The van der Waals surface area contributed by atoms with E-state index in [9.17, 15) is 4.79 Å². The van der Waals surface area contributed by atoms with Crippen molar-refractivity contribution in [3.8, 4) is 0 Å². The number of carbonyl (C=O) groups excluding carboxylic acids is 1. The monoisotopic (exact) mass is 325 g/mol. The van der Waals surface area contributed by atoms with Crippen molar-refractivity contribution in [2.45, 2.75) is 51.7 Å². The second kappa shape index (κ2) is 7.95. The summed E-state index contributed by atoms with van der Waals surface area (Å²) in [7, 11) is 0. The molecule has 4 nitrogen and oxygen atoms in total. The molecule has 1 amide bonds. The normalized spacial score (nSPS) is 16.9. The van der Waals surface area contributed by atoms with E-state index in [-0.39, 0.29) is 29.9 Å². The molecule has 0 atom stereocenters. The Hall–Kier alpha value is -1.10. The first-order valence-corrected chi connectivity index (χ1v) is 7.75. The van der Waals surface area contributed by atoms with E-state index < -0.39 is 0 Å². The molecular formula is C17H28ClN3O. The Morgan fingerprint density at radius 3 is 2.23 bits per heavy atom. The van der Waals surface area contributed by atoms with Gasteiger partial charge in [-0.05, 0) is 51.3 Å². The highest BCUT2D eigenvalue weighted by atomic mass is 35.5. The third-order valence-electron chi connectivity index (χ3n) is 4.23. The van der Waals surface area contributed by atoms with Crippen molar-refractivity contribution in [3.05, 3.63) is 35.4 Å². The van der Waals surface area contributed by atoms with Gasteiger partial charge in [-0.25, -0.2) is 0 Å². The lowest BCUT2D eigenvalue weighted by Crippen LogP contribution is -2.50. The predicted octanol–water partition coefficient (Wildman–Crippen LogP) is 2.56. The minimum Gasteiger partial charge on any atom is -0.349 e. The van der Waals surface area contributed by atoms with Gasteiger partial charge < -0.3 is 11.1 Å². The molecule has 0 aromatic heterocycles. The van der Waals surface area contributed by atoms with Gasteiger partial charge in [0.05, 0.1) is 0 Å². The lowest BCUT2D eigenvalue weighted by Gasteiger charge is -2.41. The molecule has 0 saturated carbocycles. The van der Waals surface area contributed by atoms with E-state index in [0.717, 1.165) is 31.5 Å². The lowest BCUT2D eigenvalue weighted by atomic mass is 9.98. The number of halogens is 1. The van der Waals surface area contributed by atoms with Gasteiger partial charge in [-0.2, -0.15) is 0 Å². The van der Waals surface area contributed by atoms with E-state index in [0.29, 0.717) is 12.1 Å². The molecule has 2 rings (SSSR count). The molecule has 1 aliphatic heterocycles. The highest BCUT2D eigenvalue weighted by Gasteiger charge is 2.27. The van der Waals surface area contributed by atoms with Gasteiger partial charge in [0.1, 0.15) is 0 Å². The van der Waals surface area contributed by atoms with Gasteiger partial charge in [-0.15, -0.1) is 12.4 Å². The number of hydrogen-bond donors (Lipinski definition) is 2. The van der Waals surface area contributed by atoms with Gasteiger partial charge in [-0.3, -0.25) is 9.69 Å². The Morgan fingerprint density at radius 2 is 1.77 bits per heavy atom. The molecule has 1 aliphatic rings. The molecule has 0 bridgehead atoms. The van der Waals surface area contributed by atoms with Crippen LogP contribution < -0.4 is 11.1 Å². The van der Waals surface area contributed by atoms with Gasteiger partial charge in [0, 0.05) is 36.8 Å². The maximum absolute atomic E-state index is 12.2. The summed E-state index contributed by atoms with van der Waals surface area (Å²) in [6, 6.07) is 7.81. The molecule has 5 heteroatoms. The van der Waals surface area contributed by atoms with Crippen LogP contribution in [0.3, 0.4) is 0 Å². The van der Waals surface area contributed by atoms with E-state index >= 15 is 0 Å². The van der Waals surface area contributed by atoms with Crippen molar-refractivity contribution in [1.29, 1.82) is 0 Å². The molecule has 1 fully saturated rings. The second-order valence-corrected chi connectivity index (χ2v) is 6.81. The summed E-state index contributed by atoms with van der Waals surface area (Å²) in [5.74, 6) is 0.0211. The second-order valence-electron chi connectivity index (χ2n) is 6.81. The van der Waals surface area contributed by atoms with Crippen LogP contribution in [0, 0.1) is 0 Å². The largest absolute Gasteiger partial charge is 0.349 e. The Bertz CT molecular complexity index is 474. The fraction of sp³-hybridized carbons (Fsp3) is 0.588. The summed E-state index contributed by atoms with van der Waals surface area (Å²) in [4.78, 5) is 14.7. The number of likely N-dealkylation sites (tertiary alicyclic amines) is 1. The number of hydrogen-bond acceptors (Lipinski definition) is 3. The van der Waals surface area contributed by atoms with Crippen LogP contribution >= 0.6 is 12.4 Å². The van der Waals surface area contributed by atoms with Crippen LogP contribution in [0.4, 0.5) is 0 Å². The SMILES string of the molecule is CC(C)(C)N1CCC(NC(=O)c2ccc(CN)cc2)CC1.Cl. The number of nitrogens with zero attached hydrogens (tertiary/aromatic N) is 1. The number of nitrogens with two attached hydrogens (primary N) is 1. The minimum atomic E-state index is 0. The smallest absolute Gasteiger partial charge is 0.251 e. The molecule has 1 saturated heterocycles. The number of piperidine rings is 1. The van der Waals surface area contributed by atoms with Crippen molar-refractivity contribution in [2.24, 2.45) is 5.73 Å². The highest BCUT2D eigenvalue weighted by molar-refractivity contribution is 5.94. The number of carbonyl (C=O) groups is 1. The van der Waals surface area contributed by atoms with Crippen LogP contribution in [-0.4, -0.2) is 35.5 Å². The van der Waals surface area contributed by atoms with Crippen molar-refractivity contribution in [1.82, 2.24) is 10.2 Å². The number of rotatable bonds is 3. The van der Waals surface area contributed by atoms with E-state index in [4.69, 9.17) is 5.73 Å². The van der Waals surface area contributed by atoms with E-state index in [1.165, 1.54) is 0 Å². The zero-order valence-electron chi connectivity index (χ0n) is 13.8. The van der Waals surface area contributed by atoms with Crippen LogP contribution in [0.25, 0.3) is 0 Å². The van der Waals surface area contributed by atoms with Gasteiger partial charge in [0.2, 0.25) is 0 Å². The standard InChI is InChI=1S/C17H27N3O.ClH/c1-17(2,3)20-10-8-15(9-11-20)19-16(21)14-6-4-13(12-18)5-7-14;/h4-7,15H,8-12,18H2,1-3H3,(H,19,21);1H. The van der Waals surface area contributed by atoms with E-state index in [1.807, 2.05) is 24.3 Å². The fourth-order valence-electron chi connectivity index (χ4n) is 2.76. The summed E-state index contributed by atoms with van der Waals surface area (Å²) < 4.78 is 0. The molecule has 1 aromatic rings. The quantitative estimate of drug-likeness (QED) is 0.898.